The number of benzene rings is 2. The van der Waals surface area contributed by atoms with Crippen LogP contribution >= 0.6 is 0 Å². The average molecular weight is 435 g/mol. The van der Waals surface area contributed by atoms with E-state index >= 15 is 4.39 Å². The summed E-state index contributed by atoms with van der Waals surface area (Å²) in [4.78, 5) is 28.8. The van der Waals surface area contributed by atoms with Crippen LogP contribution in [0.4, 0.5) is 10.1 Å². The van der Waals surface area contributed by atoms with Gasteiger partial charge in [-0.15, -0.1) is 0 Å². The lowest BCUT2D eigenvalue weighted by atomic mass is 9.98. The van der Waals surface area contributed by atoms with Gasteiger partial charge in [0.2, 0.25) is 5.91 Å². The summed E-state index contributed by atoms with van der Waals surface area (Å²) in [5.74, 6) is -1.35. The van der Waals surface area contributed by atoms with Gasteiger partial charge >= 0.3 is 0 Å². The molecule has 1 saturated carbocycles. The Labute approximate surface area is 187 Å². The van der Waals surface area contributed by atoms with E-state index in [0.29, 0.717) is 5.69 Å². The summed E-state index contributed by atoms with van der Waals surface area (Å²) >= 11 is 0. The third-order valence-corrected chi connectivity index (χ3v) is 6.04. The van der Waals surface area contributed by atoms with Crippen LogP contribution < -0.4 is 10.2 Å². The highest BCUT2D eigenvalue weighted by Gasteiger charge is 2.38. The van der Waals surface area contributed by atoms with Gasteiger partial charge in [0.1, 0.15) is 11.9 Å². The molecule has 1 aliphatic carbocycles. The third kappa shape index (κ3) is 4.31. The first-order valence-corrected chi connectivity index (χ1v) is 11.0. The normalized spacial score (nSPS) is 14.8. The fraction of sp³-hybridized carbons (Fsp3) is 0.308. The molecule has 3 aromatic rings. The molecular formula is C26H27FN2O3. The molecule has 1 heterocycles. The number of hydrogen-bond acceptors (Lipinski definition) is 3. The summed E-state index contributed by atoms with van der Waals surface area (Å²) < 4.78 is 20.4. The van der Waals surface area contributed by atoms with Gasteiger partial charge in [-0.3, -0.25) is 14.5 Å². The fourth-order valence-corrected chi connectivity index (χ4v) is 4.50. The zero-order valence-electron chi connectivity index (χ0n) is 18.3. The first-order valence-electron chi connectivity index (χ1n) is 11.0. The Morgan fingerprint density at radius 2 is 1.69 bits per heavy atom. The van der Waals surface area contributed by atoms with Crippen LogP contribution in [0, 0.1) is 19.7 Å². The average Bonchev–Trinajstić information content (AvgIpc) is 3.48. The van der Waals surface area contributed by atoms with Gasteiger partial charge in [0.15, 0.2) is 5.76 Å². The topological polar surface area (TPSA) is 62.6 Å². The quantitative estimate of drug-likeness (QED) is 0.559. The van der Waals surface area contributed by atoms with Gasteiger partial charge in [0.25, 0.3) is 5.91 Å². The van der Waals surface area contributed by atoms with Crippen LogP contribution in [0.2, 0.25) is 0 Å². The van der Waals surface area contributed by atoms with E-state index in [1.165, 1.54) is 17.2 Å². The van der Waals surface area contributed by atoms with E-state index in [9.17, 15) is 9.59 Å². The van der Waals surface area contributed by atoms with Crippen molar-refractivity contribution in [3.8, 4) is 0 Å². The molecule has 2 aromatic carbocycles. The number of aryl methyl sites for hydroxylation is 2. The fourth-order valence-electron chi connectivity index (χ4n) is 4.50. The molecule has 32 heavy (non-hydrogen) atoms. The Morgan fingerprint density at radius 1 is 1.00 bits per heavy atom. The van der Waals surface area contributed by atoms with Crippen molar-refractivity contribution in [3.63, 3.8) is 0 Å². The number of amides is 2. The molecule has 4 rings (SSSR count). The highest BCUT2D eigenvalue weighted by Crippen LogP contribution is 2.36. The van der Waals surface area contributed by atoms with Crippen molar-refractivity contribution in [2.24, 2.45) is 0 Å². The molecule has 6 heteroatoms. The molecule has 0 spiro atoms. The third-order valence-electron chi connectivity index (χ3n) is 6.04. The molecule has 1 fully saturated rings. The van der Waals surface area contributed by atoms with E-state index in [-0.39, 0.29) is 17.4 Å². The minimum Gasteiger partial charge on any atom is -0.459 e. The Bertz CT molecular complexity index is 1080. The lowest BCUT2D eigenvalue weighted by Crippen LogP contribution is -2.47. The van der Waals surface area contributed by atoms with E-state index in [4.69, 9.17) is 4.42 Å². The largest absolute Gasteiger partial charge is 0.459 e. The van der Waals surface area contributed by atoms with Crippen LogP contribution in [0.25, 0.3) is 0 Å². The standard InChI is InChI=1S/C26H27FN2O3/c1-17-9-7-10-18(2)23(17)29(26(31)22-15-8-16-32-22)24(20-13-5-6-14-21(20)27)25(30)28-19-11-3-4-12-19/h5-10,13-16,19,24H,3-4,11-12H2,1-2H3,(H,28,30)/t24-/m1/s1. The van der Waals surface area contributed by atoms with Crippen molar-refractivity contribution in [2.75, 3.05) is 4.90 Å². The maximum atomic E-state index is 15.1. The molecule has 1 aliphatic rings. The number of carbonyl (C=O) groups is 2. The van der Waals surface area contributed by atoms with Crippen molar-refractivity contribution < 1.29 is 18.4 Å². The summed E-state index contributed by atoms with van der Waals surface area (Å²) in [5, 5.41) is 3.06. The number of anilines is 1. The SMILES string of the molecule is Cc1cccc(C)c1N(C(=O)c1ccco1)[C@@H](C(=O)NC1CCCC1)c1ccccc1F. The lowest BCUT2D eigenvalue weighted by Gasteiger charge is -2.33. The zero-order chi connectivity index (χ0) is 22.7. The van der Waals surface area contributed by atoms with Crippen molar-refractivity contribution >= 4 is 17.5 Å². The maximum absolute atomic E-state index is 15.1. The Morgan fingerprint density at radius 3 is 2.31 bits per heavy atom. The first-order chi connectivity index (χ1) is 15.5. The molecule has 0 aliphatic heterocycles. The number of para-hydroxylation sites is 1. The second-order valence-corrected chi connectivity index (χ2v) is 8.31. The van der Waals surface area contributed by atoms with Gasteiger partial charge in [-0.05, 0) is 56.0 Å². The van der Waals surface area contributed by atoms with E-state index in [1.54, 1.807) is 30.3 Å². The summed E-state index contributed by atoms with van der Waals surface area (Å²) in [5.41, 5.74) is 2.33. The van der Waals surface area contributed by atoms with Gasteiger partial charge < -0.3 is 9.73 Å². The Balaban J connectivity index is 1.88. The maximum Gasteiger partial charge on any atom is 0.294 e. The second-order valence-electron chi connectivity index (χ2n) is 8.31. The van der Waals surface area contributed by atoms with Crippen molar-refractivity contribution in [3.05, 3.63) is 89.1 Å². The van der Waals surface area contributed by atoms with Crippen molar-refractivity contribution in [1.82, 2.24) is 5.32 Å². The number of carbonyl (C=O) groups excluding carboxylic acids is 2. The van der Waals surface area contributed by atoms with Crippen LogP contribution in [0.5, 0.6) is 0 Å². The number of furan rings is 1. The van der Waals surface area contributed by atoms with E-state index in [1.807, 2.05) is 32.0 Å². The minimum atomic E-state index is -1.19. The molecule has 0 saturated heterocycles. The monoisotopic (exact) mass is 434 g/mol. The second kappa shape index (κ2) is 9.39. The number of nitrogens with one attached hydrogen (secondary N) is 1. The molecule has 0 unspecified atom stereocenters. The van der Waals surface area contributed by atoms with Gasteiger partial charge in [0.05, 0.1) is 12.0 Å². The predicted octanol–water partition coefficient (Wildman–Crippen LogP) is 5.48. The molecule has 2 amide bonds. The van der Waals surface area contributed by atoms with Crippen LogP contribution in [0.1, 0.15) is 59.0 Å². The summed E-state index contributed by atoms with van der Waals surface area (Å²) in [6.07, 6.45) is 5.26. The highest BCUT2D eigenvalue weighted by atomic mass is 19.1. The highest BCUT2D eigenvalue weighted by molar-refractivity contribution is 6.09. The van der Waals surface area contributed by atoms with Gasteiger partial charge in [-0.2, -0.15) is 0 Å². The van der Waals surface area contributed by atoms with E-state index < -0.39 is 23.7 Å². The smallest absolute Gasteiger partial charge is 0.294 e. The first kappa shape index (κ1) is 21.8. The number of halogens is 1. The van der Waals surface area contributed by atoms with Crippen LogP contribution in [0.3, 0.4) is 0 Å². The number of nitrogens with zero attached hydrogens (tertiary/aromatic N) is 1. The van der Waals surface area contributed by atoms with Gasteiger partial charge in [-0.25, -0.2) is 4.39 Å². The summed E-state index contributed by atoms with van der Waals surface area (Å²) in [6.45, 7) is 3.75. The van der Waals surface area contributed by atoms with E-state index in [2.05, 4.69) is 5.32 Å². The molecule has 1 N–H and O–H groups in total. The van der Waals surface area contributed by atoms with Crippen molar-refractivity contribution in [2.45, 2.75) is 51.6 Å². The van der Waals surface area contributed by atoms with Gasteiger partial charge in [0, 0.05) is 11.6 Å². The van der Waals surface area contributed by atoms with Crippen molar-refractivity contribution in [1.29, 1.82) is 0 Å². The van der Waals surface area contributed by atoms with Crippen LogP contribution in [0.15, 0.2) is 65.3 Å². The molecule has 1 aromatic heterocycles. The summed E-state index contributed by atoms with van der Waals surface area (Å²) in [7, 11) is 0. The molecule has 1 atom stereocenters. The molecule has 0 bridgehead atoms. The zero-order valence-corrected chi connectivity index (χ0v) is 18.3. The molecule has 5 nitrogen and oxygen atoms in total. The van der Waals surface area contributed by atoms with Crippen LogP contribution in [-0.2, 0) is 4.79 Å². The number of rotatable bonds is 6. The lowest BCUT2D eigenvalue weighted by molar-refractivity contribution is -0.123. The molecule has 166 valence electrons. The van der Waals surface area contributed by atoms with Crippen LogP contribution in [-0.4, -0.2) is 17.9 Å². The Hall–Kier alpha value is -3.41. The van der Waals surface area contributed by atoms with Gasteiger partial charge in [-0.1, -0.05) is 49.2 Å². The minimum absolute atomic E-state index is 0.0234. The summed E-state index contributed by atoms with van der Waals surface area (Å²) in [6, 6.07) is 13.8. The predicted molar refractivity (Wildman–Crippen MR) is 121 cm³/mol. The number of hydrogen-bond donors (Lipinski definition) is 1. The Kier molecular flexibility index (Phi) is 6.40. The molecule has 0 radical (unpaired) electrons. The molecular weight excluding hydrogens is 407 g/mol. The van der Waals surface area contributed by atoms with E-state index in [0.717, 1.165) is 36.8 Å².